The third kappa shape index (κ3) is 3.82. The molecule has 5 nitrogen and oxygen atoms in total. The standard InChI is InChI=1S/C23H20FN3O2/c1-15-9-10-21(16(2)12-15)27-22(23(28)25-14-17-6-5-11-29-17)13-20(26-27)18-7-3-4-8-19(18)24/h3-13H,14H2,1-2H3,(H,25,28). The topological polar surface area (TPSA) is 60.1 Å². The molecule has 0 aliphatic rings. The molecule has 146 valence electrons. The molecular formula is C23H20FN3O2. The first-order valence-corrected chi connectivity index (χ1v) is 9.26. The zero-order valence-electron chi connectivity index (χ0n) is 16.1. The minimum atomic E-state index is -0.389. The molecule has 2 aromatic heterocycles. The van der Waals surface area contributed by atoms with Gasteiger partial charge in [-0.3, -0.25) is 4.79 Å². The Kier molecular flexibility index (Phi) is 4.99. The summed E-state index contributed by atoms with van der Waals surface area (Å²) in [6.07, 6.45) is 1.55. The second kappa shape index (κ2) is 7.75. The Morgan fingerprint density at radius 3 is 2.66 bits per heavy atom. The van der Waals surface area contributed by atoms with E-state index in [1.54, 1.807) is 47.3 Å². The van der Waals surface area contributed by atoms with E-state index < -0.39 is 0 Å². The van der Waals surface area contributed by atoms with Gasteiger partial charge in [-0.05, 0) is 55.8 Å². The molecule has 0 aliphatic carbocycles. The van der Waals surface area contributed by atoms with Crippen LogP contribution in [0.5, 0.6) is 0 Å². The van der Waals surface area contributed by atoms with Gasteiger partial charge in [-0.1, -0.05) is 29.8 Å². The van der Waals surface area contributed by atoms with E-state index in [1.165, 1.54) is 6.07 Å². The smallest absolute Gasteiger partial charge is 0.270 e. The Morgan fingerprint density at radius 1 is 1.10 bits per heavy atom. The summed E-state index contributed by atoms with van der Waals surface area (Å²) in [5.41, 5.74) is 3.90. The first-order chi connectivity index (χ1) is 14.0. The van der Waals surface area contributed by atoms with Crippen LogP contribution in [-0.4, -0.2) is 15.7 Å². The zero-order chi connectivity index (χ0) is 20.4. The average molecular weight is 389 g/mol. The number of halogens is 1. The van der Waals surface area contributed by atoms with E-state index in [1.807, 2.05) is 32.0 Å². The van der Waals surface area contributed by atoms with Crippen LogP contribution in [0.2, 0.25) is 0 Å². The molecule has 1 N–H and O–H groups in total. The zero-order valence-corrected chi connectivity index (χ0v) is 16.1. The lowest BCUT2D eigenvalue weighted by atomic mass is 10.1. The number of amides is 1. The van der Waals surface area contributed by atoms with Crippen LogP contribution >= 0.6 is 0 Å². The number of hydrogen-bond acceptors (Lipinski definition) is 3. The summed E-state index contributed by atoms with van der Waals surface area (Å²) < 4.78 is 21.2. The third-order valence-electron chi connectivity index (χ3n) is 4.68. The number of aryl methyl sites for hydroxylation is 2. The summed E-state index contributed by atoms with van der Waals surface area (Å²) in [5, 5.41) is 7.39. The van der Waals surface area contributed by atoms with Crippen LogP contribution in [0.1, 0.15) is 27.4 Å². The highest BCUT2D eigenvalue weighted by Crippen LogP contribution is 2.25. The predicted octanol–water partition coefficient (Wildman–Crippen LogP) is 4.82. The van der Waals surface area contributed by atoms with Gasteiger partial charge in [0.2, 0.25) is 0 Å². The third-order valence-corrected chi connectivity index (χ3v) is 4.68. The minimum Gasteiger partial charge on any atom is -0.467 e. The fourth-order valence-electron chi connectivity index (χ4n) is 3.24. The van der Waals surface area contributed by atoms with Crippen molar-refractivity contribution >= 4 is 5.91 Å². The van der Waals surface area contributed by atoms with Crippen molar-refractivity contribution in [1.82, 2.24) is 15.1 Å². The Hall–Kier alpha value is -3.67. The van der Waals surface area contributed by atoms with Crippen molar-refractivity contribution in [3.05, 3.63) is 95.3 Å². The summed E-state index contributed by atoms with van der Waals surface area (Å²) in [4.78, 5) is 12.9. The lowest BCUT2D eigenvalue weighted by Gasteiger charge is -2.11. The summed E-state index contributed by atoms with van der Waals surface area (Å²) in [7, 11) is 0. The molecule has 1 amide bonds. The number of furan rings is 1. The second-order valence-electron chi connectivity index (χ2n) is 6.86. The number of nitrogens with zero attached hydrogens (tertiary/aromatic N) is 2. The molecule has 0 bridgehead atoms. The van der Waals surface area contributed by atoms with Crippen LogP contribution in [-0.2, 0) is 6.54 Å². The Labute approximate surface area is 167 Å². The van der Waals surface area contributed by atoms with E-state index >= 15 is 0 Å². The van der Waals surface area contributed by atoms with Crippen LogP contribution in [0.4, 0.5) is 4.39 Å². The molecule has 0 atom stereocenters. The highest BCUT2D eigenvalue weighted by molar-refractivity contribution is 5.94. The van der Waals surface area contributed by atoms with E-state index in [4.69, 9.17) is 4.42 Å². The molecule has 0 saturated heterocycles. The van der Waals surface area contributed by atoms with Crippen molar-refractivity contribution < 1.29 is 13.6 Å². The number of hydrogen-bond donors (Lipinski definition) is 1. The first-order valence-electron chi connectivity index (χ1n) is 9.26. The van der Waals surface area contributed by atoms with Crippen molar-refractivity contribution in [2.75, 3.05) is 0 Å². The molecule has 6 heteroatoms. The van der Waals surface area contributed by atoms with Gasteiger partial charge in [-0.25, -0.2) is 9.07 Å². The van der Waals surface area contributed by atoms with Gasteiger partial charge in [-0.2, -0.15) is 5.10 Å². The number of carbonyl (C=O) groups is 1. The van der Waals surface area contributed by atoms with Gasteiger partial charge in [0.25, 0.3) is 5.91 Å². The van der Waals surface area contributed by atoms with Crippen molar-refractivity contribution in [1.29, 1.82) is 0 Å². The SMILES string of the molecule is Cc1ccc(-n2nc(-c3ccccc3F)cc2C(=O)NCc2ccco2)c(C)c1. The maximum absolute atomic E-state index is 14.3. The van der Waals surface area contributed by atoms with E-state index in [0.717, 1.165) is 16.8 Å². The minimum absolute atomic E-state index is 0.249. The lowest BCUT2D eigenvalue weighted by molar-refractivity contribution is 0.0940. The van der Waals surface area contributed by atoms with Crippen molar-refractivity contribution in [2.24, 2.45) is 0 Å². The van der Waals surface area contributed by atoms with Crippen LogP contribution in [0.25, 0.3) is 16.9 Å². The lowest BCUT2D eigenvalue weighted by Crippen LogP contribution is -2.25. The second-order valence-corrected chi connectivity index (χ2v) is 6.86. The molecular weight excluding hydrogens is 369 g/mol. The fourth-order valence-corrected chi connectivity index (χ4v) is 3.24. The van der Waals surface area contributed by atoms with Crippen LogP contribution in [0, 0.1) is 19.7 Å². The van der Waals surface area contributed by atoms with Crippen molar-refractivity contribution in [3.8, 4) is 16.9 Å². The van der Waals surface area contributed by atoms with Crippen LogP contribution < -0.4 is 5.32 Å². The summed E-state index contributed by atoms with van der Waals surface area (Å²) >= 11 is 0. The average Bonchev–Trinajstić information content (AvgIpc) is 3.36. The molecule has 0 aliphatic heterocycles. The van der Waals surface area contributed by atoms with Gasteiger partial charge in [0.05, 0.1) is 24.2 Å². The maximum atomic E-state index is 14.3. The Bertz CT molecular complexity index is 1160. The molecule has 4 rings (SSSR count). The largest absolute Gasteiger partial charge is 0.467 e. The normalized spacial score (nSPS) is 10.9. The van der Waals surface area contributed by atoms with Gasteiger partial charge < -0.3 is 9.73 Å². The van der Waals surface area contributed by atoms with Crippen molar-refractivity contribution in [3.63, 3.8) is 0 Å². The summed E-state index contributed by atoms with van der Waals surface area (Å²) in [6.45, 7) is 4.21. The quantitative estimate of drug-likeness (QED) is 0.532. The van der Waals surface area contributed by atoms with Crippen molar-refractivity contribution in [2.45, 2.75) is 20.4 Å². The van der Waals surface area contributed by atoms with E-state index in [9.17, 15) is 9.18 Å². The number of aromatic nitrogens is 2. The molecule has 0 fully saturated rings. The maximum Gasteiger partial charge on any atom is 0.270 e. The monoisotopic (exact) mass is 389 g/mol. The number of carbonyl (C=O) groups excluding carboxylic acids is 1. The van der Waals surface area contributed by atoms with Gasteiger partial charge in [-0.15, -0.1) is 0 Å². The number of benzene rings is 2. The van der Waals surface area contributed by atoms with E-state index in [0.29, 0.717) is 22.7 Å². The molecule has 0 unspecified atom stereocenters. The van der Waals surface area contributed by atoms with Crippen LogP contribution in [0.3, 0.4) is 0 Å². The number of nitrogens with one attached hydrogen (secondary N) is 1. The number of rotatable bonds is 5. The molecule has 2 heterocycles. The summed E-state index contributed by atoms with van der Waals surface area (Å²) in [5.74, 6) is -0.0676. The molecule has 2 aromatic carbocycles. The first kappa shape index (κ1) is 18.7. The predicted molar refractivity (Wildman–Crippen MR) is 108 cm³/mol. The van der Waals surface area contributed by atoms with Crippen LogP contribution in [0.15, 0.2) is 71.3 Å². The van der Waals surface area contributed by atoms with Gasteiger partial charge >= 0.3 is 0 Å². The molecule has 0 radical (unpaired) electrons. The van der Waals surface area contributed by atoms with E-state index in [2.05, 4.69) is 10.4 Å². The Morgan fingerprint density at radius 2 is 1.93 bits per heavy atom. The van der Waals surface area contributed by atoms with E-state index in [-0.39, 0.29) is 18.3 Å². The Balaban J connectivity index is 1.77. The molecule has 0 spiro atoms. The highest BCUT2D eigenvalue weighted by atomic mass is 19.1. The highest BCUT2D eigenvalue weighted by Gasteiger charge is 2.20. The fraction of sp³-hybridized carbons (Fsp3) is 0.130. The van der Waals surface area contributed by atoms with Gasteiger partial charge in [0, 0.05) is 5.56 Å². The summed E-state index contributed by atoms with van der Waals surface area (Å²) in [6, 6.07) is 17.4. The van der Waals surface area contributed by atoms with Gasteiger partial charge in [0.1, 0.15) is 17.3 Å². The molecule has 4 aromatic rings. The molecule has 29 heavy (non-hydrogen) atoms. The van der Waals surface area contributed by atoms with Gasteiger partial charge in [0.15, 0.2) is 0 Å². The molecule has 0 saturated carbocycles.